The standard InChI is InChI=1S/C15H31NO5/c1-5-16-15(3,14(17)21-6-2)8-7-9-19-12-13-20-11-10-18-4/h16H,5-13H2,1-4H3. The van der Waals surface area contributed by atoms with E-state index in [0.29, 0.717) is 46.1 Å². The van der Waals surface area contributed by atoms with Crippen molar-refractivity contribution in [3.8, 4) is 0 Å². The molecule has 0 radical (unpaired) electrons. The molecule has 0 aromatic carbocycles. The minimum absolute atomic E-state index is 0.199. The molecule has 0 saturated heterocycles. The number of carbonyl (C=O) groups excluding carboxylic acids is 1. The van der Waals surface area contributed by atoms with Crippen LogP contribution in [-0.2, 0) is 23.7 Å². The molecule has 0 heterocycles. The number of esters is 1. The maximum Gasteiger partial charge on any atom is 0.326 e. The van der Waals surface area contributed by atoms with Crippen molar-refractivity contribution in [3.63, 3.8) is 0 Å². The molecular formula is C15H31NO5. The lowest BCUT2D eigenvalue weighted by molar-refractivity contribution is -0.151. The number of likely N-dealkylation sites (N-methyl/N-ethyl adjacent to an activating group) is 1. The second-order valence-electron chi connectivity index (χ2n) is 4.90. The smallest absolute Gasteiger partial charge is 0.326 e. The van der Waals surface area contributed by atoms with Crippen LogP contribution >= 0.6 is 0 Å². The number of ether oxygens (including phenoxy) is 4. The first-order valence-electron chi connectivity index (χ1n) is 7.67. The van der Waals surface area contributed by atoms with Crippen LogP contribution in [0.2, 0.25) is 0 Å². The fourth-order valence-electron chi connectivity index (χ4n) is 1.94. The van der Waals surface area contributed by atoms with Crippen LogP contribution < -0.4 is 5.32 Å². The Kier molecular flexibility index (Phi) is 12.6. The van der Waals surface area contributed by atoms with Crippen LogP contribution in [0.1, 0.15) is 33.6 Å². The van der Waals surface area contributed by atoms with E-state index < -0.39 is 5.54 Å². The van der Waals surface area contributed by atoms with Gasteiger partial charge in [-0.2, -0.15) is 0 Å². The third-order valence-electron chi connectivity index (χ3n) is 3.06. The molecule has 0 aromatic rings. The van der Waals surface area contributed by atoms with Crippen LogP contribution in [0.5, 0.6) is 0 Å². The lowest BCUT2D eigenvalue weighted by Gasteiger charge is -2.28. The third-order valence-corrected chi connectivity index (χ3v) is 3.06. The van der Waals surface area contributed by atoms with Gasteiger partial charge in [-0.25, -0.2) is 0 Å². The fraction of sp³-hybridized carbons (Fsp3) is 0.933. The van der Waals surface area contributed by atoms with Gasteiger partial charge in [-0.1, -0.05) is 6.92 Å². The summed E-state index contributed by atoms with van der Waals surface area (Å²) in [6.45, 7) is 9.70. The van der Waals surface area contributed by atoms with E-state index in [9.17, 15) is 4.79 Å². The SMILES string of the molecule is CCNC(C)(CCCOCCOCCOC)C(=O)OCC. The molecule has 0 saturated carbocycles. The summed E-state index contributed by atoms with van der Waals surface area (Å²) in [5.74, 6) is -0.199. The van der Waals surface area contributed by atoms with Gasteiger partial charge in [0.15, 0.2) is 0 Å². The van der Waals surface area contributed by atoms with Gasteiger partial charge in [-0.15, -0.1) is 0 Å². The molecule has 0 aliphatic heterocycles. The molecule has 21 heavy (non-hydrogen) atoms. The Bertz CT molecular complexity index is 262. The Morgan fingerprint density at radius 2 is 1.67 bits per heavy atom. The minimum Gasteiger partial charge on any atom is -0.465 e. The van der Waals surface area contributed by atoms with Gasteiger partial charge < -0.3 is 24.3 Å². The number of hydrogen-bond donors (Lipinski definition) is 1. The molecule has 1 unspecified atom stereocenters. The predicted octanol–water partition coefficient (Wildman–Crippen LogP) is 1.38. The summed E-state index contributed by atoms with van der Waals surface area (Å²) in [5, 5.41) is 3.20. The van der Waals surface area contributed by atoms with Gasteiger partial charge in [0, 0.05) is 13.7 Å². The molecule has 0 aromatic heterocycles. The summed E-state index contributed by atoms with van der Waals surface area (Å²) in [7, 11) is 1.64. The Morgan fingerprint density at radius 1 is 1.05 bits per heavy atom. The summed E-state index contributed by atoms with van der Waals surface area (Å²) in [6.07, 6.45) is 1.48. The van der Waals surface area contributed by atoms with Gasteiger partial charge in [0.2, 0.25) is 0 Å². The number of methoxy groups -OCH3 is 1. The monoisotopic (exact) mass is 305 g/mol. The summed E-state index contributed by atoms with van der Waals surface area (Å²) < 4.78 is 20.8. The highest BCUT2D eigenvalue weighted by atomic mass is 16.5. The molecular weight excluding hydrogens is 274 g/mol. The quantitative estimate of drug-likeness (QED) is 0.386. The van der Waals surface area contributed by atoms with Gasteiger partial charge in [0.1, 0.15) is 5.54 Å². The van der Waals surface area contributed by atoms with E-state index in [0.717, 1.165) is 13.0 Å². The van der Waals surface area contributed by atoms with Crippen LogP contribution in [-0.4, -0.2) is 64.8 Å². The van der Waals surface area contributed by atoms with E-state index in [2.05, 4.69) is 5.32 Å². The molecule has 0 rings (SSSR count). The van der Waals surface area contributed by atoms with Crippen LogP contribution in [0.15, 0.2) is 0 Å². The summed E-state index contributed by atoms with van der Waals surface area (Å²) in [4.78, 5) is 12.0. The molecule has 0 amide bonds. The first kappa shape index (κ1) is 20.3. The number of hydrogen-bond acceptors (Lipinski definition) is 6. The van der Waals surface area contributed by atoms with E-state index >= 15 is 0 Å². The third kappa shape index (κ3) is 9.79. The van der Waals surface area contributed by atoms with Crippen LogP contribution in [0.4, 0.5) is 0 Å². The van der Waals surface area contributed by atoms with Crippen LogP contribution in [0, 0.1) is 0 Å². The average Bonchev–Trinajstić information content (AvgIpc) is 2.46. The summed E-state index contributed by atoms with van der Waals surface area (Å²) in [5.41, 5.74) is -0.636. The number of nitrogens with one attached hydrogen (secondary N) is 1. The normalized spacial score (nSPS) is 13.9. The zero-order chi connectivity index (χ0) is 16.0. The van der Waals surface area contributed by atoms with Gasteiger partial charge >= 0.3 is 5.97 Å². The van der Waals surface area contributed by atoms with Crippen molar-refractivity contribution in [2.75, 3.05) is 53.3 Å². The lowest BCUT2D eigenvalue weighted by Crippen LogP contribution is -2.50. The van der Waals surface area contributed by atoms with E-state index in [1.165, 1.54) is 0 Å². The highest BCUT2D eigenvalue weighted by Gasteiger charge is 2.32. The molecule has 0 spiro atoms. The highest BCUT2D eigenvalue weighted by molar-refractivity contribution is 5.80. The summed E-state index contributed by atoms with van der Waals surface area (Å²) in [6, 6.07) is 0. The van der Waals surface area contributed by atoms with Gasteiger partial charge in [-0.05, 0) is 33.2 Å². The van der Waals surface area contributed by atoms with E-state index in [1.807, 2.05) is 20.8 Å². The average molecular weight is 305 g/mol. The zero-order valence-corrected chi connectivity index (χ0v) is 13.9. The van der Waals surface area contributed by atoms with Crippen molar-refractivity contribution in [3.05, 3.63) is 0 Å². The molecule has 126 valence electrons. The first-order valence-corrected chi connectivity index (χ1v) is 7.67. The van der Waals surface area contributed by atoms with Crippen molar-refractivity contribution in [1.82, 2.24) is 5.32 Å². The predicted molar refractivity (Wildman–Crippen MR) is 81.5 cm³/mol. The number of rotatable bonds is 14. The van der Waals surface area contributed by atoms with Crippen molar-refractivity contribution in [1.29, 1.82) is 0 Å². The second-order valence-corrected chi connectivity index (χ2v) is 4.90. The number of carbonyl (C=O) groups is 1. The molecule has 0 aliphatic rings. The van der Waals surface area contributed by atoms with E-state index in [4.69, 9.17) is 18.9 Å². The topological polar surface area (TPSA) is 66.0 Å². The minimum atomic E-state index is -0.636. The van der Waals surface area contributed by atoms with Gasteiger partial charge in [0.25, 0.3) is 0 Å². The van der Waals surface area contributed by atoms with Crippen molar-refractivity contribution in [2.24, 2.45) is 0 Å². The molecule has 6 nitrogen and oxygen atoms in total. The maximum atomic E-state index is 12.0. The lowest BCUT2D eigenvalue weighted by atomic mass is 9.96. The maximum absolute atomic E-state index is 12.0. The summed E-state index contributed by atoms with van der Waals surface area (Å²) >= 11 is 0. The molecule has 1 atom stereocenters. The molecule has 0 fully saturated rings. The fourth-order valence-corrected chi connectivity index (χ4v) is 1.94. The Morgan fingerprint density at radius 3 is 2.24 bits per heavy atom. The van der Waals surface area contributed by atoms with Crippen LogP contribution in [0.3, 0.4) is 0 Å². The van der Waals surface area contributed by atoms with Gasteiger partial charge in [0.05, 0.1) is 33.0 Å². The Labute approximate surface area is 128 Å². The Hall–Kier alpha value is -0.690. The first-order chi connectivity index (χ1) is 10.1. The van der Waals surface area contributed by atoms with Crippen LogP contribution in [0.25, 0.3) is 0 Å². The highest BCUT2D eigenvalue weighted by Crippen LogP contribution is 2.14. The van der Waals surface area contributed by atoms with E-state index in [-0.39, 0.29) is 5.97 Å². The van der Waals surface area contributed by atoms with Crippen molar-refractivity contribution in [2.45, 2.75) is 39.2 Å². The van der Waals surface area contributed by atoms with Crippen molar-refractivity contribution < 1.29 is 23.7 Å². The molecule has 1 N–H and O–H groups in total. The molecule has 6 heteroatoms. The Balaban J connectivity index is 3.76. The molecule has 0 bridgehead atoms. The van der Waals surface area contributed by atoms with E-state index in [1.54, 1.807) is 7.11 Å². The van der Waals surface area contributed by atoms with Gasteiger partial charge in [-0.3, -0.25) is 4.79 Å². The zero-order valence-electron chi connectivity index (χ0n) is 13.9. The van der Waals surface area contributed by atoms with Crippen molar-refractivity contribution >= 4 is 5.97 Å². The second kappa shape index (κ2) is 13.0. The molecule has 0 aliphatic carbocycles. The largest absolute Gasteiger partial charge is 0.465 e.